The molecule has 0 unspecified atom stereocenters. The monoisotopic (exact) mass is 418 g/mol. The number of ether oxygens (including phenoxy) is 1. The Labute approximate surface area is 179 Å². The Balaban J connectivity index is 1.50. The first-order chi connectivity index (χ1) is 15.0. The Kier molecular flexibility index (Phi) is 5.88. The minimum absolute atomic E-state index is 0.282. The van der Waals surface area contributed by atoms with E-state index in [2.05, 4.69) is 10.2 Å². The van der Waals surface area contributed by atoms with Crippen molar-refractivity contribution in [2.45, 2.75) is 25.8 Å². The van der Waals surface area contributed by atoms with E-state index >= 15 is 0 Å². The molecule has 0 bridgehead atoms. The quantitative estimate of drug-likeness (QED) is 0.451. The number of aromatic nitrogens is 3. The maximum atomic E-state index is 13.4. The molecule has 1 aliphatic rings. The molecule has 0 radical (unpaired) electrons. The van der Waals surface area contributed by atoms with Crippen LogP contribution in [0.15, 0.2) is 60.9 Å². The molecule has 1 aliphatic heterocycles. The van der Waals surface area contributed by atoms with Crippen molar-refractivity contribution in [3.63, 3.8) is 0 Å². The third-order valence-electron chi connectivity index (χ3n) is 5.24. The van der Waals surface area contributed by atoms with Crippen LogP contribution in [0.4, 0.5) is 0 Å². The fourth-order valence-corrected chi connectivity index (χ4v) is 3.69. The number of aryl methyl sites for hydroxylation is 1. The highest BCUT2D eigenvalue weighted by Crippen LogP contribution is 2.24. The predicted octanol–water partition coefficient (Wildman–Crippen LogP) is 2.61. The lowest BCUT2D eigenvalue weighted by atomic mass is 10.1. The van der Waals surface area contributed by atoms with Crippen molar-refractivity contribution in [2.24, 2.45) is 0 Å². The van der Waals surface area contributed by atoms with Crippen molar-refractivity contribution in [3.05, 3.63) is 77.6 Å². The number of carbonyl (C=O) groups is 3. The van der Waals surface area contributed by atoms with E-state index in [0.29, 0.717) is 36.2 Å². The zero-order valence-electron chi connectivity index (χ0n) is 17.1. The second-order valence-corrected chi connectivity index (χ2v) is 7.39. The summed E-state index contributed by atoms with van der Waals surface area (Å²) in [6.45, 7) is 1.97. The Bertz CT molecular complexity index is 1100. The molecule has 0 N–H and O–H groups in total. The minimum Gasteiger partial charge on any atom is -0.456 e. The molecule has 4 rings (SSSR count). The van der Waals surface area contributed by atoms with Gasteiger partial charge in [0.05, 0.1) is 23.6 Å². The average molecular weight is 418 g/mol. The van der Waals surface area contributed by atoms with Crippen LogP contribution in [0.2, 0.25) is 0 Å². The van der Waals surface area contributed by atoms with Gasteiger partial charge in [0.25, 0.3) is 5.91 Å². The lowest BCUT2D eigenvalue weighted by molar-refractivity contribution is -0.147. The van der Waals surface area contributed by atoms with Crippen LogP contribution in [0.25, 0.3) is 5.69 Å². The average Bonchev–Trinajstić information content (AvgIpc) is 3.49. The highest BCUT2D eigenvalue weighted by molar-refractivity contribution is 6.01. The van der Waals surface area contributed by atoms with Crippen molar-refractivity contribution in [3.8, 4) is 5.69 Å². The number of amides is 1. The van der Waals surface area contributed by atoms with Crippen molar-refractivity contribution in [1.29, 1.82) is 0 Å². The second-order valence-electron chi connectivity index (χ2n) is 7.39. The van der Waals surface area contributed by atoms with Gasteiger partial charge in [0.2, 0.25) is 0 Å². The number of ketones is 1. The molecule has 2 heterocycles. The van der Waals surface area contributed by atoms with Gasteiger partial charge >= 0.3 is 5.97 Å². The van der Waals surface area contributed by atoms with Crippen LogP contribution in [0.5, 0.6) is 0 Å². The van der Waals surface area contributed by atoms with E-state index in [4.69, 9.17) is 4.74 Å². The first-order valence-electron chi connectivity index (χ1n) is 10.1. The zero-order valence-corrected chi connectivity index (χ0v) is 17.1. The molecule has 1 amide bonds. The number of Topliss-reactive ketones (excluding diaryl/α,β-unsaturated/α-hetero) is 1. The number of benzene rings is 2. The van der Waals surface area contributed by atoms with Crippen molar-refractivity contribution >= 4 is 17.7 Å². The van der Waals surface area contributed by atoms with E-state index in [0.717, 1.165) is 5.56 Å². The van der Waals surface area contributed by atoms with Crippen LogP contribution in [-0.2, 0) is 9.53 Å². The molecule has 8 heteroatoms. The predicted molar refractivity (Wildman–Crippen MR) is 112 cm³/mol. The number of hydrogen-bond acceptors (Lipinski definition) is 6. The van der Waals surface area contributed by atoms with E-state index in [1.54, 1.807) is 36.4 Å². The molecule has 8 nitrogen and oxygen atoms in total. The minimum atomic E-state index is -0.727. The number of hydrogen-bond donors (Lipinski definition) is 0. The van der Waals surface area contributed by atoms with Gasteiger partial charge in [-0.3, -0.25) is 9.59 Å². The number of likely N-dealkylation sites (tertiary alicyclic amines) is 1. The smallest absolute Gasteiger partial charge is 0.329 e. The Morgan fingerprint density at radius 1 is 1.06 bits per heavy atom. The summed E-state index contributed by atoms with van der Waals surface area (Å²) in [6, 6.07) is 13.3. The van der Waals surface area contributed by atoms with Gasteiger partial charge in [0, 0.05) is 12.1 Å². The van der Waals surface area contributed by atoms with Gasteiger partial charge in [0.15, 0.2) is 12.4 Å². The second kappa shape index (κ2) is 8.91. The van der Waals surface area contributed by atoms with Crippen LogP contribution in [0.3, 0.4) is 0 Å². The Hall–Kier alpha value is -3.81. The largest absolute Gasteiger partial charge is 0.456 e. The molecule has 0 aliphatic carbocycles. The van der Waals surface area contributed by atoms with Gasteiger partial charge in [-0.2, -0.15) is 15.0 Å². The molecule has 31 heavy (non-hydrogen) atoms. The summed E-state index contributed by atoms with van der Waals surface area (Å²) in [4.78, 5) is 41.2. The van der Waals surface area contributed by atoms with E-state index < -0.39 is 12.0 Å². The topological polar surface area (TPSA) is 94.4 Å². The van der Waals surface area contributed by atoms with Gasteiger partial charge in [-0.15, -0.1) is 0 Å². The number of rotatable bonds is 6. The standard InChI is InChI=1S/C23H22N4O4/c1-16-9-10-19(27-24-11-12-25-27)18(14-16)22(29)26-13-5-8-20(26)23(30)31-15-21(28)17-6-3-2-4-7-17/h2-4,6-7,9-12,14,20H,5,8,13,15H2,1H3/t20-/m0/s1. The van der Waals surface area contributed by atoms with Crippen LogP contribution >= 0.6 is 0 Å². The molecule has 1 fully saturated rings. The van der Waals surface area contributed by atoms with Gasteiger partial charge < -0.3 is 9.64 Å². The fourth-order valence-electron chi connectivity index (χ4n) is 3.69. The van der Waals surface area contributed by atoms with Gasteiger partial charge in [-0.25, -0.2) is 4.79 Å². The molecule has 0 saturated carbocycles. The molecule has 3 aromatic rings. The first-order valence-corrected chi connectivity index (χ1v) is 10.1. The molecule has 1 aromatic heterocycles. The normalized spacial score (nSPS) is 15.6. The summed E-state index contributed by atoms with van der Waals surface area (Å²) in [5.41, 5.74) is 2.34. The summed E-state index contributed by atoms with van der Waals surface area (Å²) in [7, 11) is 0. The van der Waals surface area contributed by atoms with E-state index in [1.165, 1.54) is 22.1 Å². The zero-order chi connectivity index (χ0) is 21.8. The maximum Gasteiger partial charge on any atom is 0.329 e. The summed E-state index contributed by atoms with van der Waals surface area (Å²) in [5.74, 6) is -1.14. The third kappa shape index (κ3) is 4.37. The van der Waals surface area contributed by atoms with E-state index in [-0.39, 0.29) is 18.3 Å². The highest BCUT2D eigenvalue weighted by atomic mass is 16.5. The molecular formula is C23H22N4O4. The summed E-state index contributed by atoms with van der Waals surface area (Å²) in [6.07, 6.45) is 4.24. The maximum absolute atomic E-state index is 13.4. The lowest BCUT2D eigenvalue weighted by Gasteiger charge is -2.24. The summed E-state index contributed by atoms with van der Waals surface area (Å²) in [5, 5.41) is 8.25. The Morgan fingerprint density at radius 2 is 1.81 bits per heavy atom. The van der Waals surface area contributed by atoms with Crippen molar-refractivity contribution < 1.29 is 19.1 Å². The lowest BCUT2D eigenvalue weighted by Crippen LogP contribution is -2.42. The molecular weight excluding hydrogens is 396 g/mol. The fraction of sp³-hybridized carbons (Fsp3) is 0.261. The SMILES string of the molecule is Cc1ccc(-n2nccn2)c(C(=O)N2CCC[C@H]2C(=O)OCC(=O)c2ccccc2)c1. The molecule has 1 atom stereocenters. The summed E-state index contributed by atoms with van der Waals surface area (Å²) < 4.78 is 5.27. The highest BCUT2D eigenvalue weighted by Gasteiger charge is 2.37. The molecule has 1 saturated heterocycles. The number of nitrogens with zero attached hydrogens (tertiary/aromatic N) is 4. The van der Waals surface area contributed by atoms with E-state index in [9.17, 15) is 14.4 Å². The van der Waals surface area contributed by atoms with E-state index in [1.807, 2.05) is 19.1 Å². The van der Waals surface area contributed by atoms with Crippen LogP contribution in [0.1, 0.15) is 39.1 Å². The summed E-state index contributed by atoms with van der Waals surface area (Å²) >= 11 is 0. The number of esters is 1. The van der Waals surface area contributed by atoms with Crippen LogP contribution < -0.4 is 0 Å². The van der Waals surface area contributed by atoms with Gasteiger partial charge in [-0.05, 0) is 31.9 Å². The van der Waals surface area contributed by atoms with Gasteiger partial charge in [-0.1, -0.05) is 42.0 Å². The van der Waals surface area contributed by atoms with Gasteiger partial charge in [0.1, 0.15) is 6.04 Å². The molecule has 0 spiro atoms. The van der Waals surface area contributed by atoms with Crippen LogP contribution in [-0.4, -0.2) is 56.7 Å². The molecule has 2 aromatic carbocycles. The third-order valence-corrected chi connectivity index (χ3v) is 5.24. The van der Waals surface area contributed by atoms with Crippen molar-refractivity contribution in [1.82, 2.24) is 19.9 Å². The first kappa shape index (κ1) is 20.5. The number of carbonyl (C=O) groups excluding carboxylic acids is 3. The Morgan fingerprint density at radius 3 is 2.55 bits per heavy atom. The molecule has 158 valence electrons. The van der Waals surface area contributed by atoms with Crippen LogP contribution in [0, 0.1) is 6.92 Å². The van der Waals surface area contributed by atoms with Crippen molar-refractivity contribution in [2.75, 3.05) is 13.2 Å².